The van der Waals surface area contributed by atoms with Gasteiger partial charge in [-0.15, -0.1) is 11.3 Å². The molecule has 0 saturated carbocycles. The van der Waals surface area contributed by atoms with E-state index in [9.17, 15) is 8.42 Å². The van der Waals surface area contributed by atoms with E-state index in [1.165, 1.54) is 4.31 Å². The second-order valence-electron chi connectivity index (χ2n) is 7.05. The first-order chi connectivity index (χ1) is 12.7. The van der Waals surface area contributed by atoms with Gasteiger partial charge in [-0.05, 0) is 39.0 Å². The third-order valence-corrected chi connectivity index (χ3v) is 7.25. The van der Waals surface area contributed by atoms with Crippen molar-refractivity contribution in [1.29, 1.82) is 0 Å². The zero-order chi connectivity index (χ0) is 19.6. The molecule has 0 aromatic carbocycles. The molecule has 0 aliphatic carbocycles. The highest BCUT2D eigenvalue weighted by atomic mass is 32.2. The molecule has 148 valence electrons. The predicted molar refractivity (Wildman–Crippen MR) is 108 cm³/mol. The van der Waals surface area contributed by atoms with Crippen molar-refractivity contribution in [1.82, 2.24) is 23.6 Å². The van der Waals surface area contributed by atoms with Gasteiger partial charge in [-0.3, -0.25) is 0 Å². The Balaban J connectivity index is 1.71. The third-order valence-electron chi connectivity index (χ3n) is 4.51. The Morgan fingerprint density at radius 3 is 2.78 bits per heavy atom. The number of nitrogens with zero attached hydrogens (tertiary/aromatic N) is 5. The van der Waals surface area contributed by atoms with Crippen molar-refractivity contribution in [3.8, 4) is 0 Å². The van der Waals surface area contributed by atoms with Crippen LogP contribution in [0.1, 0.15) is 29.2 Å². The number of hydrogen-bond donors (Lipinski definition) is 1. The number of piperidine rings is 1. The molecule has 2 aromatic rings. The largest absolute Gasteiger partial charge is 0.316 e. The molecule has 1 aliphatic rings. The molecule has 1 aliphatic heterocycles. The van der Waals surface area contributed by atoms with Gasteiger partial charge >= 0.3 is 0 Å². The highest BCUT2D eigenvalue weighted by Gasteiger charge is 2.30. The Labute approximate surface area is 164 Å². The monoisotopic (exact) mass is 410 g/mol. The SMILES string of the molecule is Cc1nc(C[C@@H]2CCCN(S(=O)(=O)N(C)C)C2)cc(Nc2ncc(C)s2)n1. The normalized spacial score (nSPS) is 18.8. The summed E-state index contributed by atoms with van der Waals surface area (Å²) < 4.78 is 27.7. The Kier molecular flexibility index (Phi) is 6.09. The highest BCUT2D eigenvalue weighted by Crippen LogP contribution is 2.25. The van der Waals surface area contributed by atoms with Crippen LogP contribution in [-0.2, 0) is 16.6 Å². The molecular formula is C17H26N6O2S2. The smallest absolute Gasteiger partial charge is 0.281 e. The topological polar surface area (TPSA) is 91.3 Å². The molecule has 0 amide bonds. The molecule has 2 aromatic heterocycles. The Hall–Kier alpha value is -1.62. The Bertz CT molecular complexity index is 897. The van der Waals surface area contributed by atoms with E-state index in [0.717, 1.165) is 40.8 Å². The Morgan fingerprint density at radius 1 is 1.33 bits per heavy atom. The first kappa shape index (κ1) is 20.1. The van der Waals surface area contributed by atoms with E-state index < -0.39 is 10.2 Å². The summed E-state index contributed by atoms with van der Waals surface area (Å²) in [7, 11) is -0.216. The molecule has 0 spiro atoms. The molecular weight excluding hydrogens is 384 g/mol. The van der Waals surface area contributed by atoms with E-state index in [1.807, 2.05) is 26.1 Å². The standard InChI is InChI=1S/C17H26N6O2S2/c1-12-10-18-17(26-12)21-16-9-15(19-13(2)20-16)8-14-6-5-7-23(11-14)27(24,25)22(3)4/h9-10,14H,5-8,11H2,1-4H3,(H,18,19,20,21)/t14-/m0/s1. The molecule has 1 atom stereocenters. The molecule has 8 nitrogen and oxygen atoms in total. The summed E-state index contributed by atoms with van der Waals surface area (Å²) in [5.41, 5.74) is 0.923. The quantitative estimate of drug-likeness (QED) is 0.786. The van der Waals surface area contributed by atoms with Crippen LogP contribution in [0.25, 0.3) is 0 Å². The molecule has 1 N–H and O–H groups in total. The van der Waals surface area contributed by atoms with Gasteiger partial charge in [-0.1, -0.05) is 0 Å². The molecule has 3 heterocycles. The first-order valence-electron chi connectivity index (χ1n) is 8.95. The lowest BCUT2D eigenvalue weighted by atomic mass is 9.94. The zero-order valence-electron chi connectivity index (χ0n) is 16.1. The number of rotatable bonds is 6. The van der Waals surface area contributed by atoms with Gasteiger partial charge in [0.2, 0.25) is 0 Å². The van der Waals surface area contributed by atoms with Gasteiger partial charge in [-0.2, -0.15) is 17.0 Å². The lowest BCUT2D eigenvalue weighted by Gasteiger charge is -2.33. The van der Waals surface area contributed by atoms with Crippen LogP contribution < -0.4 is 5.32 Å². The highest BCUT2D eigenvalue weighted by molar-refractivity contribution is 7.86. The van der Waals surface area contributed by atoms with Gasteiger partial charge in [-0.25, -0.2) is 15.0 Å². The molecule has 0 unspecified atom stereocenters. The van der Waals surface area contributed by atoms with E-state index in [1.54, 1.807) is 29.7 Å². The third kappa shape index (κ3) is 5.01. The predicted octanol–water partition coefficient (Wildman–Crippen LogP) is 2.35. The van der Waals surface area contributed by atoms with E-state index in [-0.39, 0.29) is 5.92 Å². The summed E-state index contributed by atoms with van der Waals surface area (Å²) >= 11 is 1.58. The maximum absolute atomic E-state index is 12.4. The fraction of sp³-hybridized carbons (Fsp3) is 0.588. The first-order valence-corrected chi connectivity index (χ1v) is 11.2. The average Bonchev–Trinajstić information content (AvgIpc) is 2.99. The molecule has 3 rings (SSSR count). The second-order valence-corrected chi connectivity index (χ2v) is 10.4. The van der Waals surface area contributed by atoms with Crippen LogP contribution in [0.15, 0.2) is 12.3 Å². The number of aromatic nitrogens is 3. The summed E-state index contributed by atoms with van der Waals surface area (Å²) in [5, 5.41) is 4.04. The van der Waals surface area contributed by atoms with Crippen molar-refractivity contribution < 1.29 is 8.42 Å². The second kappa shape index (κ2) is 8.17. The minimum absolute atomic E-state index is 0.248. The summed E-state index contributed by atoms with van der Waals surface area (Å²) in [4.78, 5) is 14.4. The minimum Gasteiger partial charge on any atom is -0.316 e. The van der Waals surface area contributed by atoms with Crippen molar-refractivity contribution in [3.05, 3.63) is 28.7 Å². The zero-order valence-corrected chi connectivity index (χ0v) is 17.8. The number of thiazole rings is 1. The van der Waals surface area contributed by atoms with Crippen molar-refractivity contribution in [2.24, 2.45) is 5.92 Å². The van der Waals surface area contributed by atoms with Crippen molar-refractivity contribution in [2.45, 2.75) is 33.1 Å². The van der Waals surface area contributed by atoms with Crippen molar-refractivity contribution in [2.75, 3.05) is 32.5 Å². The maximum atomic E-state index is 12.4. The van der Waals surface area contributed by atoms with Crippen molar-refractivity contribution in [3.63, 3.8) is 0 Å². The number of aryl methyl sites for hydroxylation is 2. The van der Waals surface area contributed by atoms with E-state index in [2.05, 4.69) is 20.3 Å². The van der Waals surface area contributed by atoms with E-state index >= 15 is 0 Å². The van der Waals surface area contributed by atoms with Gasteiger partial charge in [0.25, 0.3) is 10.2 Å². The van der Waals surface area contributed by atoms with E-state index in [4.69, 9.17) is 0 Å². The average molecular weight is 411 g/mol. The maximum Gasteiger partial charge on any atom is 0.281 e. The summed E-state index contributed by atoms with van der Waals surface area (Å²) in [6.07, 6.45) is 4.42. The lowest BCUT2D eigenvalue weighted by Crippen LogP contribution is -2.45. The molecule has 0 bridgehead atoms. The minimum atomic E-state index is -3.37. The molecule has 1 fully saturated rings. The van der Waals surface area contributed by atoms with Crippen LogP contribution in [0.5, 0.6) is 0 Å². The van der Waals surface area contributed by atoms with Gasteiger partial charge in [0.05, 0.1) is 0 Å². The molecule has 0 radical (unpaired) electrons. The van der Waals surface area contributed by atoms with Gasteiger partial charge < -0.3 is 5.32 Å². The van der Waals surface area contributed by atoms with Crippen LogP contribution in [-0.4, -0.2) is 59.2 Å². The van der Waals surface area contributed by atoms with Crippen LogP contribution in [0.3, 0.4) is 0 Å². The summed E-state index contributed by atoms with van der Waals surface area (Å²) in [5.74, 6) is 1.66. The number of anilines is 2. The summed E-state index contributed by atoms with van der Waals surface area (Å²) in [6, 6.07) is 1.93. The molecule has 27 heavy (non-hydrogen) atoms. The lowest BCUT2D eigenvalue weighted by molar-refractivity contribution is 0.253. The number of hydrogen-bond acceptors (Lipinski definition) is 7. The van der Waals surface area contributed by atoms with E-state index in [0.29, 0.717) is 18.9 Å². The van der Waals surface area contributed by atoms with Crippen LogP contribution in [0.4, 0.5) is 10.9 Å². The van der Waals surface area contributed by atoms with Gasteiger partial charge in [0.15, 0.2) is 5.13 Å². The van der Waals surface area contributed by atoms with Gasteiger partial charge in [0.1, 0.15) is 11.6 Å². The van der Waals surface area contributed by atoms with Crippen LogP contribution in [0, 0.1) is 19.8 Å². The Morgan fingerprint density at radius 2 is 2.11 bits per heavy atom. The van der Waals surface area contributed by atoms with Crippen molar-refractivity contribution >= 4 is 32.5 Å². The van der Waals surface area contributed by atoms with Gasteiger partial charge in [0, 0.05) is 50.0 Å². The fourth-order valence-electron chi connectivity index (χ4n) is 3.25. The number of nitrogens with one attached hydrogen (secondary N) is 1. The summed E-state index contributed by atoms with van der Waals surface area (Å²) in [6.45, 7) is 4.98. The molecule has 1 saturated heterocycles. The fourth-order valence-corrected chi connectivity index (χ4v) is 5.14. The van der Waals surface area contributed by atoms with Crippen LogP contribution in [0.2, 0.25) is 0 Å². The molecule has 10 heteroatoms. The van der Waals surface area contributed by atoms with Crippen LogP contribution >= 0.6 is 11.3 Å².